The molecule has 1 aromatic heterocycles. The monoisotopic (exact) mass is 273 g/mol. The first-order valence-corrected chi connectivity index (χ1v) is 5.59. The van der Waals surface area contributed by atoms with Crippen LogP contribution < -0.4 is 5.32 Å². The SMILES string of the molecule is CNC(=O)Cn1c(=S)[nH]c2cc(Cl)c(F)cc21. The number of aromatic amines is 1. The lowest BCUT2D eigenvalue weighted by Gasteiger charge is -2.03. The molecular formula is C10H9ClFN3OS. The van der Waals surface area contributed by atoms with Crippen molar-refractivity contribution in [3.05, 3.63) is 27.7 Å². The molecule has 0 radical (unpaired) electrons. The largest absolute Gasteiger partial charge is 0.358 e. The number of likely N-dealkylation sites (N-methyl/N-ethyl adjacent to an activating group) is 1. The molecule has 4 nitrogen and oxygen atoms in total. The molecule has 0 saturated heterocycles. The molecule has 0 fully saturated rings. The second-order valence-electron chi connectivity index (χ2n) is 3.47. The average molecular weight is 274 g/mol. The molecule has 0 aliphatic heterocycles. The summed E-state index contributed by atoms with van der Waals surface area (Å²) in [6, 6.07) is 2.70. The van der Waals surface area contributed by atoms with Gasteiger partial charge >= 0.3 is 0 Å². The van der Waals surface area contributed by atoms with E-state index < -0.39 is 5.82 Å². The molecule has 2 rings (SSSR count). The molecule has 0 aliphatic rings. The van der Waals surface area contributed by atoms with E-state index in [4.69, 9.17) is 23.8 Å². The number of H-pyrrole nitrogens is 1. The Bertz CT molecular complexity index is 649. The van der Waals surface area contributed by atoms with E-state index in [1.165, 1.54) is 23.7 Å². The minimum absolute atomic E-state index is 0.0147. The minimum atomic E-state index is -0.543. The first-order chi connectivity index (χ1) is 8.02. The number of nitrogens with zero attached hydrogens (tertiary/aromatic N) is 1. The molecule has 1 amide bonds. The van der Waals surface area contributed by atoms with Gasteiger partial charge in [-0.2, -0.15) is 0 Å². The highest BCUT2D eigenvalue weighted by Crippen LogP contribution is 2.22. The van der Waals surface area contributed by atoms with E-state index in [9.17, 15) is 9.18 Å². The molecule has 2 N–H and O–H groups in total. The van der Waals surface area contributed by atoms with Crippen LogP contribution in [-0.2, 0) is 11.3 Å². The molecule has 0 aliphatic carbocycles. The zero-order valence-electron chi connectivity index (χ0n) is 8.88. The van der Waals surface area contributed by atoms with Crippen LogP contribution in [-0.4, -0.2) is 22.5 Å². The number of carbonyl (C=O) groups excluding carboxylic acids is 1. The highest BCUT2D eigenvalue weighted by Gasteiger charge is 2.10. The highest BCUT2D eigenvalue weighted by molar-refractivity contribution is 7.71. The van der Waals surface area contributed by atoms with Gasteiger partial charge in [0, 0.05) is 13.1 Å². The van der Waals surface area contributed by atoms with Crippen molar-refractivity contribution in [3.8, 4) is 0 Å². The Labute approximate surface area is 106 Å². The lowest BCUT2D eigenvalue weighted by Crippen LogP contribution is -2.23. The van der Waals surface area contributed by atoms with Crippen molar-refractivity contribution in [2.24, 2.45) is 0 Å². The van der Waals surface area contributed by atoms with Gasteiger partial charge in [-0.1, -0.05) is 11.6 Å². The maximum absolute atomic E-state index is 13.4. The number of benzene rings is 1. The van der Waals surface area contributed by atoms with Crippen molar-refractivity contribution in [2.75, 3.05) is 7.05 Å². The number of hydrogen-bond acceptors (Lipinski definition) is 2. The highest BCUT2D eigenvalue weighted by atomic mass is 35.5. The van der Waals surface area contributed by atoms with E-state index in [1.807, 2.05) is 0 Å². The number of fused-ring (bicyclic) bond motifs is 1. The van der Waals surface area contributed by atoms with Crippen molar-refractivity contribution < 1.29 is 9.18 Å². The third-order valence-corrected chi connectivity index (χ3v) is 3.01. The molecule has 0 atom stereocenters. The van der Waals surface area contributed by atoms with Gasteiger partial charge in [0.1, 0.15) is 12.4 Å². The van der Waals surface area contributed by atoms with Crippen LogP contribution in [0.15, 0.2) is 12.1 Å². The fourth-order valence-corrected chi connectivity index (χ4v) is 1.97. The summed E-state index contributed by atoms with van der Waals surface area (Å²) in [6.07, 6.45) is 0. The summed E-state index contributed by atoms with van der Waals surface area (Å²) in [6.45, 7) is 0.0381. The van der Waals surface area contributed by atoms with E-state index in [0.29, 0.717) is 15.8 Å². The van der Waals surface area contributed by atoms with E-state index >= 15 is 0 Å². The zero-order chi connectivity index (χ0) is 12.6. The number of aromatic nitrogens is 2. The molecule has 1 aromatic carbocycles. The topological polar surface area (TPSA) is 49.8 Å². The Hall–Kier alpha value is -1.40. The number of halogens is 2. The molecule has 1 heterocycles. The molecule has 0 unspecified atom stereocenters. The van der Waals surface area contributed by atoms with Gasteiger partial charge in [0.2, 0.25) is 5.91 Å². The first-order valence-electron chi connectivity index (χ1n) is 4.81. The Morgan fingerprint density at radius 1 is 1.65 bits per heavy atom. The number of nitrogens with one attached hydrogen (secondary N) is 2. The van der Waals surface area contributed by atoms with Crippen molar-refractivity contribution in [2.45, 2.75) is 6.54 Å². The molecule has 7 heteroatoms. The number of rotatable bonds is 2. The van der Waals surface area contributed by atoms with Crippen LogP contribution in [0.1, 0.15) is 0 Å². The fourth-order valence-electron chi connectivity index (χ4n) is 1.53. The zero-order valence-corrected chi connectivity index (χ0v) is 10.5. The summed E-state index contributed by atoms with van der Waals surface area (Å²) in [5.41, 5.74) is 1.12. The number of amides is 1. The predicted molar refractivity (Wildman–Crippen MR) is 66.2 cm³/mol. The summed E-state index contributed by atoms with van der Waals surface area (Å²) in [5, 5.41) is 2.50. The predicted octanol–water partition coefficient (Wildman–Crippen LogP) is 2.24. The number of carbonyl (C=O) groups is 1. The quantitative estimate of drug-likeness (QED) is 0.825. The van der Waals surface area contributed by atoms with Crippen LogP contribution in [0.2, 0.25) is 5.02 Å². The van der Waals surface area contributed by atoms with E-state index in [1.54, 1.807) is 0 Å². The van der Waals surface area contributed by atoms with Crippen molar-refractivity contribution in [3.63, 3.8) is 0 Å². The van der Waals surface area contributed by atoms with Gasteiger partial charge < -0.3 is 14.9 Å². The maximum atomic E-state index is 13.4. The van der Waals surface area contributed by atoms with Crippen LogP contribution in [0, 0.1) is 10.6 Å². The van der Waals surface area contributed by atoms with Gasteiger partial charge in [0.05, 0.1) is 16.1 Å². The third kappa shape index (κ3) is 2.18. The molecule has 0 saturated carbocycles. The summed E-state index contributed by atoms with van der Waals surface area (Å²) in [7, 11) is 1.53. The van der Waals surface area contributed by atoms with Crippen LogP contribution in [0.4, 0.5) is 4.39 Å². The third-order valence-electron chi connectivity index (χ3n) is 2.40. The summed E-state index contributed by atoms with van der Waals surface area (Å²) < 4.78 is 15.2. The van der Waals surface area contributed by atoms with Gasteiger partial charge in [0.15, 0.2) is 4.77 Å². The smallest absolute Gasteiger partial charge is 0.239 e. The summed E-state index contributed by atoms with van der Waals surface area (Å²) >= 11 is 10.7. The normalized spacial score (nSPS) is 10.8. The van der Waals surface area contributed by atoms with Gasteiger partial charge in [0.25, 0.3) is 0 Å². The lowest BCUT2D eigenvalue weighted by molar-refractivity contribution is -0.121. The summed E-state index contributed by atoms with van der Waals surface area (Å²) in [4.78, 5) is 14.2. The first kappa shape index (κ1) is 12.1. The Morgan fingerprint density at radius 3 is 3.00 bits per heavy atom. The standard InChI is InChI=1S/C10H9ClFN3OS/c1-13-9(16)4-15-8-3-6(12)5(11)2-7(8)14-10(15)17/h2-3H,4H2,1H3,(H,13,16)(H,14,17). The van der Waals surface area contributed by atoms with Gasteiger partial charge in [-0.25, -0.2) is 4.39 Å². The fraction of sp³-hybridized carbons (Fsp3) is 0.200. The number of hydrogen-bond donors (Lipinski definition) is 2. The Morgan fingerprint density at radius 2 is 2.35 bits per heavy atom. The van der Waals surface area contributed by atoms with Crippen molar-refractivity contribution in [1.29, 1.82) is 0 Å². The molecule has 17 heavy (non-hydrogen) atoms. The van der Waals surface area contributed by atoms with E-state index in [0.717, 1.165) is 0 Å². The van der Waals surface area contributed by atoms with E-state index in [-0.39, 0.29) is 17.5 Å². The molecule has 90 valence electrons. The van der Waals surface area contributed by atoms with Crippen LogP contribution in [0.25, 0.3) is 11.0 Å². The Kier molecular flexibility index (Phi) is 3.17. The lowest BCUT2D eigenvalue weighted by atomic mass is 10.3. The molecule has 2 aromatic rings. The van der Waals surface area contributed by atoms with E-state index in [2.05, 4.69) is 10.3 Å². The van der Waals surface area contributed by atoms with Gasteiger partial charge in [-0.05, 0) is 18.3 Å². The maximum Gasteiger partial charge on any atom is 0.239 e. The number of imidazole rings is 1. The Balaban J connectivity index is 2.62. The second kappa shape index (κ2) is 4.46. The minimum Gasteiger partial charge on any atom is -0.358 e. The van der Waals surface area contributed by atoms with Crippen LogP contribution in [0.5, 0.6) is 0 Å². The van der Waals surface area contributed by atoms with Crippen molar-refractivity contribution in [1.82, 2.24) is 14.9 Å². The van der Waals surface area contributed by atoms with Crippen LogP contribution in [0.3, 0.4) is 0 Å². The molecule has 0 spiro atoms. The van der Waals surface area contributed by atoms with Gasteiger partial charge in [-0.15, -0.1) is 0 Å². The summed E-state index contributed by atoms with van der Waals surface area (Å²) in [5.74, 6) is -0.754. The van der Waals surface area contributed by atoms with Gasteiger partial charge in [-0.3, -0.25) is 4.79 Å². The average Bonchev–Trinajstić information content (AvgIpc) is 2.56. The second-order valence-corrected chi connectivity index (χ2v) is 4.27. The molecule has 0 bridgehead atoms. The van der Waals surface area contributed by atoms with Crippen molar-refractivity contribution >= 4 is 40.8 Å². The van der Waals surface area contributed by atoms with Crippen LogP contribution >= 0.6 is 23.8 Å². The molecular weight excluding hydrogens is 265 g/mol.